The zero-order valence-corrected chi connectivity index (χ0v) is 16.0. The minimum Gasteiger partial charge on any atom is -0.507 e. The van der Waals surface area contributed by atoms with Crippen molar-refractivity contribution in [3.8, 4) is 17.0 Å². The van der Waals surface area contributed by atoms with Gasteiger partial charge in [0.15, 0.2) is 0 Å². The van der Waals surface area contributed by atoms with E-state index in [2.05, 4.69) is 5.16 Å². The van der Waals surface area contributed by atoms with Crippen LogP contribution in [0, 0.1) is 17.8 Å². The highest BCUT2D eigenvalue weighted by Gasteiger charge is 2.37. The Labute approximate surface area is 153 Å². The first-order valence-corrected chi connectivity index (χ1v) is 8.40. The maximum atomic E-state index is 12.4. The number of benzene rings is 1. The molecule has 0 saturated heterocycles. The number of rotatable bonds is 5. The van der Waals surface area contributed by atoms with Gasteiger partial charge >= 0.3 is 5.97 Å². The summed E-state index contributed by atoms with van der Waals surface area (Å²) in [4.78, 5) is 24.7. The smallest absolute Gasteiger partial charge is 0.338 e. The normalized spacial score (nSPS) is 12.1. The summed E-state index contributed by atoms with van der Waals surface area (Å²) in [5.41, 5.74) is -0.177. The van der Waals surface area contributed by atoms with Crippen molar-refractivity contribution in [2.45, 2.75) is 41.5 Å². The van der Waals surface area contributed by atoms with Gasteiger partial charge in [0.25, 0.3) is 0 Å². The summed E-state index contributed by atoms with van der Waals surface area (Å²) >= 11 is 0. The third kappa shape index (κ3) is 4.31. The molecule has 1 heterocycles. The first-order valence-electron chi connectivity index (χ1n) is 8.40. The number of nitrogens with zero attached hydrogens (tertiary/aromatic N) is 1. The van der Waals surface area contributed by atoms with Gasteiger partial charge in [-0.1, -0.05) is 25.9 Å². The number of aromatic hydroxyl groups is 1. The molecular formula is C20H25NO5. The van der Waals surface area contributed by atoms with E-state index in [1.54, 1.807) is 39.0 Å². The van der Waals surface area contributed by atoms with E-state index in [-0.39, 0.29) is 23.7 Å². The molecule has 0 unspecified atom stereocenters. The predicted octanol–water partition coefficient (Wildman–Crippen LogP) is 4.15. The molecule has 0 amide bonds. The predicted molar refractivity (Wildman–Crippen MR) is 96.9 cm³/mol. The van der Waals surface area contributed by atoms with E-state index < -0.39 is 16.8 Å². The molecule has 6 nitrogen and oxygen atoms in total. The Morgan fingerprint density at radius 2 is 1.81 bits per heavy atom. The average molecular weight is 359 g/mol. The number of hydrogen-bond donors (Lipinski definition) is 1. The van der Waals surface area contributed by atoms with E-state index in [0.717, 1.165) is 0 Å². The Morgan fingerprint density at radius 1 is 1.15 bits per heavy atom. The van der Waals surface area contributed by atoms with Crippen molar-refractivity contribution in [1.82, 2.24) is 5.16 Å². The molecule has 0 aliphatic carbocycles. The number of ketones is 1. The summed E-state index contributed by atoms with van der Waals surface area (Å²) in [5, 5.41) is 14.0. The second kappa shape index (κ2) is 6.94. The maximum absolute atomic E-state index is 12.4. The number of esters is 1. The van der Waals surface area contributed by atoms with Gasteiger partial charge in [0.1, 0.15) is 29.6 Å². The first-order chi connectivity index (χ1) is 11.9. The quantitative estimate of drug-likeness (QED) is 0.807. The van der Waals surface area contributed by atoms with Gasteiger partial charge in [-0.3, -0.25) is 4.79 Å². The highest BCUT2D eigenvalue weighted by atomic mass is 16.5. The molecule has 0 radical (unpaired) electrons. The lowest BCUT2D eigenvalue weighted by molar-refractivity contribution is -0.137. The molecule has 140 valence electrons. The Bertz CT molecular complexity index is 827. The fourth-order valence-electron chi connectivity index (χ4n) is 2.78. The largest absolute Gasteiger partial charge is 0.507 e. The van der Waals surface area contributed by atoms with E-state index in [9.17, 15) is 14.7 Å². The van der Waals surface area contributed by atoms with Crippen LogP contribution in [0.5, 0.6) is 5.75 Å². The van der Waals surface area contributed by atoms with Gasteiger partial charge in [0, 0.05) is 17.0 Å². The van der Waals surface area contributed by atoms with Crippen LogP contribution in [0.25, 0.3) is 11.3 Å². The number of phenolic OH excluding ortho intramolecular Hbond substituents is 1. The van der Waals surface area contributed by atoms with Crippen molar-refractivity contribution in [1.29, 1.82) is 0 Å². The van der Waals surface area contributed by atoms with Crippen LogP contribution in [0.3, 0.4) is 0 Å². The Kier molecular flexibility index (Phi) is 5.26. The van der Waals surface area contributed by atoms with E-state index in [1.807, 2.05) is 20.8 Å². The van der Waals surface area contributed by atoms with Gasteiger partial charge in [-0.15, -0.1) is 0 Å². The standard InChI is InChI=1S/C20H25NO5/c1-12-9-15(21-26-12)14-8-7-13(10-16(14)22)17(23)25-11-20(5,6)18(24)19(2,3)4/h7-10,22H,11H2,1-6H3. The molecule has 6 heteroatoms. The van der Waals surface area contributed by atoms with Crippen molar-refractivity contribution in [3.05, 3.63) is 35.6 Å². The molecule has 0 fully saturated rings. The zero-order valence-electron chi connectivity index (χ0n) is 16.0. The van der Waals surface area contributed by atoms with Crippen LogP contribution in [0.4, 0.5) is 0 Å². The maximum Gasteiger partial charge on any atom is 0.338 e. The van der Waals surface area contributed by atoms with Crippen LogP contribution in [0.1, 0.15) is 50.7 Å². The fourth-order valence-corrected chi connectivity index (χ4v) is 2.78. The van der Waals surface area contributed by atoms with Gasteiger partial charge in [-0.2, -0.15) is 0 Å². The van der Waals surface area contributed by atoms with Crippen molar-refractivity contribution in [2.75, 3.05) is 6.61 Å². The molecule has 1 aromatic carbocycles. The van der Waals surface area contributed by atoms with Crippen LogP contribution < -0.4 is 0 Å². The lowest BCUT2D eigenvalue weighted by Gasteiger charge is -2.30. The molecule has 0 bridgehead atoms. The molecule has 1 aromatic heterocycles. The number of aromatic nitrogens is 1. The zero-order chi connectivity index (χ0) is 19.7. The Morgan fingerprint density at radius 3 is 2.31 bits per heavy atom. The first kappa shape index (κ1) is 19.7. The molecule has 1 N–H and O–H groups in total. The van der Waals surface area contributed by atoms with Gasteiger partial charge in [0.2, 0.25) is 0 Å². The highest BCUT2D eigenvalue weighted by molar-refractivity contribution is 5.92. The van der Waals surface area contributed by atoms with Gasteiger partial charge in [-0.05, 0) is 39.0 Å². The molecule has 0 aliphatic rings. The number of Topliss-reactive ketones (excluding diaryl/α,β-unsaturated/α-hetero) is 1. The number of carbonyl (C=O) groups is 2. The fraction of sp³-hybridized carbons (Fsp3) is 0.450. The lowest BCUT2D eigenvalue weighted by atomic mass is 9.75. The number of phenols is 1. The van der Waals surface area contributed by atoms with Crippen molar-refractivity contribution in [2.24, 2.45) is 10.8 Å². The molecule has 0 atom stereocenters. The topological polar surface area (TPSA) is 89.6 Å². The van der Waals surface area contributed by atoms with Crippen molar-refractivity contribution < 1.29 is 24.0 Å². The van der Waals surface area contributed by atoms with E-state index in [4.69, 9.17) is 9.26 Å². The van der Waals surface area contributed by atoms with Gasteiger partial charge < -0.3 is 14.4 Å². The van der Waals surface area contributed by atoms with Crippen LogP contribution >= 0.6 is 0 Å². The van der Waals surface area contributed by atoms with E-state index in [1.165, 1.54) is 6.07 Å². The third-order valence-electron chi connectivity index (χ3n) is 4.00. The van der Waals surface area contributed by atoms with Crippen molar-refractivity contribution in [3.63, 3.8) is 0 Å². The third-order valence-corrected chi connectivity index (χ3v) is 4.00. The van der Waals surface area contributed by atoms with Crippen molar-refractivity contribution >= 4 is 11.8 Å². The molecule has 26 heavy (non-hydrogen) atoms. The lowest BCUT2D eigenvalue weighted by Crippen LogP contribution is -2.38. The molecule has 2 aromatic rings. The van der Waals surface area contributed by atoms with E-state index in [0.29, 0.717) is 17.0 Å². The second-order valence-corrected chi connectivity index (χ2v) is 8.09. The number of carbonyl (C=O) groups excluding carboxylic acids is 2. The number of aryl methyl sites for hydroxylation is 1. The summed E-state index contributed by atoms with van der Waals surface area (Å²) < 4.78 is 10.3. The van der Waals surface area contributed by atoms with Gasteiger partial charge in [0.05, 0.1) is 11.0 Å². The van der Waals surface area contributed by atoms with Crippen LogP contribution in [0.2, 0.25) is 0 Å². The molecule has 0 aliphatic heterocycles. The summed E-state index contributed by atoms with van der Waals surface area (Å²) in [6.07, 6.45) is 0. The summed E-state index contributed by atoms with van der Waals surface area (Å²) in [6, 6.07) is 6.13. The minimum atomic E-state index is -0.797. The molecule has 0 saturated carbocycles. The summed E-state index contributed by atoms with van der Waals surface area (Å²) in [6.45, 7) is 10.7. The van der Waals surface area contributed by atoms with E-state index >= 15 is 0 Å². The average Bonchev–Trinajstić information content (AvgIpc) is 2.97. The monoisotopic (exact) mass is 359 g/mol. The number of hydrogen-bond acceptors (Lipinski definition) is 6. The van der Waals surface area contributed by atoms with Crippen LogP contribution in [0.15, 0.2) is 28.8 Å². The minimum absolute atomic E-state index is 0.0115. The second-order valence-electron chi connectivity index (χ2n) is 8.09. The Balaban J connectivity index is 2.11. The molecule has 0 spiro atoms. The van der Waals surface area contributed by atoms with Crippen LogP contribution in [-0.4, -0.2) is 28.6 Å². The number of ether oxygens (including phenoxy) is 1. The van der Waals surface area contributed by atoms with Crippen LogP contribution in [-0.2, 0) is 9.53 Å². The summed E-state index contributed by atoms with van der Waals surface area (Å²) in [7, 11) is 0. The summed E-state index contributed by atoms with van der Waals surface area (Å²) in [5.74, 6) is -0.0678. The Hall–Kier alpha value is -2.63. The highest BCUT2D eigenvalue weighted by Crippen LogP contribution is 2.31. The SMILES string of the molecule is Cc1cc(-c2ccc(C(=O)OCC(C)(C)C(=O)C(C)(C)C)cc2O)no1. The molecular weight excluding hydrogens is 334 g/mol. The van der Waals surface area contributed by atoms with Gasteiger partial charge in [-0.25, -0.2) is 4.79 Å². The molecule has 2 rings (SSSR count).